The van der Waals surface area contributed by atoms with E-state index in [2.05, 4.69) is 49.7 Å². The predicted molar refractivity (Wildman–Crippen MR) is 94.0 cm³/mol. The molecule has 0 spiro atoms. The molecule has 0 unspecified atom stereocenters. The van der Waals surface area contributed by atoms with Gasteiger partial charge in [0.1, 0.15) is 17.8 Å². The highest BCUT2D eigenvalue weighted by Crippen LogP contribution is 2.17. The summed E-state index contributed by atoms with van der Waals surface area (Å²) in [6, 6.07) is 6.46. The van der Waals surface area contributed by atoms with Crippen molar-refractivity contribution in [1.82, 2.24) is 20.8 Å². The van der Waals surface area contributed by atoms with E-state index >= 15 is 0 Å². The van der Waals surface area contributed by atoms with Gasteiger partial charge in [-0.2, -0.15) is 0 Å². The quantitative estimate of drug-likeness (QED) is 0.657. The van der Waals surface area contributed by atoms with Crippen LogP contribution in [0.3, 0.4) is 0 Å². The van der Waals surface area contributed by atoms with Crippen molar-refractivity contribution in [2.24, 2.45) is 4.99 Å². The Morgan fingerprint density at radius 3 is 2.79 bits per heavy atom. The van der Waals surface area contributed by atoms with Crippen molar-refractivity contribution in [3.05, 3.63) is 41.9 Å². The largest absolute Gasteiger partial charge is 0.364 e. The summed E-state index contributed by atoms with van der Waals surface area (Å²) in [6.07, 6.45) is 5.61. The molecule has 2 aromatic rings. The topological polar surface area (TPSA) is 78.6 Å². The van der Waals surface area contributed by atoms with Gasteiger partial charge >= 0.3 is 0 Å². The lowest BCUT2D eigenvalue weighted by Crippen LogP contribution is -2.48. The normalized spacial score (nSPS) is 16.2. The van der Waals surface area contributed by atoms with Crippen molar-refractivity contribution in [2.75, 3.05) is 25.0 Å². The summed E-state index contributed by atoms with van der Waals surface area (Å²) in [5.74, 6) is 1.86. The van der Waals surface area contributed by atoms with E-state index < -0.39 is 0 Å². The van der Waals surface area contributed by atoms with E-state index in [-0.39, 0.29) is 0 Å². The average molecular weight is 328 g/mol. The van der Waals surface area contributed by atoms with Gasteiger partial charge in [-0.05, 0) is 31.4 Å². The molecule has 0 aliphatic carbocycles. The second kappa shape index (κ2) is 7.81. The molecule has 1 fully saturated rings. The molecule has 1 aliphatic rings. The Morgan fingerprint density at radius 1 is 1.33 bits per heavy atom. The molecular formula is C17H24N6O. The Balaban J connectivity index is 1.46. The molecule has 0 saturated carbocycles. The lowest BCUT2D eigenvalue weighted by Gasteiger charge is -2.33. The first-order valence-corrected chi connectivity index (χ1v) is 8.28. The van der Waals surface area contributed by atoms with Crippen LogP contribution < -0.4 is 15.5 Å². The minimum atomic E-state index is 0.412. The third kappa shape index (κ3) is 4.24. The molecule has 1 saturated heterocycles. The first kappa shape index (κ1) is 16.3. The lowest BCUT2D eigenvalue weighted by atomic mass is 10.1. The lowest BCUT2D eigenvalue weighted by molar-refractivity contribution is 0.410. The van der Waals surface area contributed by atoms with Crippen LogP contribution in [0.5, 0.6) is 0 Å². The number of guanidine groups is 1. The molecule has 2 N–H and O–H groups in total. The number of aryl methyl sites for hydroxylation is 1. The molecule has 3 heterocycles. The molecule has 0 bridgehead atoms. The minimum Gasteiger partial charge on any atom is -0.364 e. The van der Waals surface area contributed by atoms with E-state index in [9.17, 15) is 0 Å². The van der Waals surface area contributed by atoms with E-state index in [0.717, 1.165) is 43.4 Å². The number of anilines is 1. The fourth-order valence-corrected chi connectivity index (χ4v) is 2.79. The van der Waals surface area contributed by atoms with Gasteiger partial charge in [0.15, 0.2) is 5.96 Å². The van der Waals surface area contributed by atoms with Crippen molar-refractivity contribution >= 4 is 11.8 Å². The van der Waals surface area contributed by atoms with E-state index in [4.69, 9.17) is 4.52 Å². The molecule has 7 heteroatoms. The molecule has 0 aromatic carbocycles. The van der Waals surface area contributed by atoms with Gasteiger partial charge in [0.05, 0.1) is 6.54 Å². The number of aromatic nitrogens is 2. The van der Waals surface area contributed by atoms with Gasteiger partial charge in [0.2, 0.25) is 0 Å². The molecule has 1 aliphatic heterocycles. The molecule has 2 aromatic heterocycles. The maximum Gasteiger partial charge on any atom is 0.191 e. The van der Waals surface area contributed by atoms with Crippen molar-refractivity contribution in [3.63, 3.8) is 0 Å². The molecule has 24 heavy (non-hydrogen) atoms. The number of nitrogens with zero attached hydrogens (tertiary/aromatic N) is 4. The number of nitrogens with one attached hydrogen (secondary N) is 2. The highest BCUT2D eigenvalue weighted by molar-refractivity contribution is 5.79. The minimum absolute atomic E-state index is 0.412. The predicted octanol–water partition coefficient (Wildman–Crippen LogP) is 1.71. The van der Waals surface area contributed by atoms with Crippen LogP contribution in [0.1, 0.15) is 24.1 Å². The summed E-state index contributed by atoms with van der Waals surface area (Å²) in [6.45, 7) is 4.65. The fourth-order valence-electron chi connectivity index (χ4n) is 2.79. The van der Waals surface area contributed by atoms with E-state index in [1.165, 1.54) is 5.56 Å². The van der Waals surface area contributed by atoms with Crippen molar-refractivity contribution in [1.29, 1.82) is 0 Å². The maximum atomic E-state index is 4.83. The van der Waals surface area contributed by atoms with Gasteiger partial charge in [-0.15, -0.1) is 0 Å². The Morgan fingerprint density at radius 2 is 2.17 bits per heavy atom. The Kier molecular flexibility index (Phi) is 5.30. The molecule has 7 nitrogen and oxygen atoms in total. The number of hydrogen-bond donors (Lipinski definition) is 2. The van der Waals surface area contributed by atoms with E-state index in [1.54, 1.807) is 13.3 Å². The van der Waals surface area contributed by atoms with Crippen LogP contribution in [-0.2, 0) is 6.54 Å². The second-order valence-corrected chi connectivity index (χ2v) is 6.02. The van der Waals surface area contributed by atoms with E-state index in [1.807, 2.05) is 12.3 Å². The SMILES string of the molecule is CN=C(NCc1ccon1)NC1CCN(c2ccc(C)cn2)CC1. The average Bonchev–Trinajstić information content (AvgIpc) is 3.13. The highest BCUT2D eigenvalue weighted by Gasteiger charge is 2.20. The monoisotopic (exact) mass is 328 g/mol. The van der Waals surface area contributed by atoms with Gasteiger partial charge in [-0.25, -0.2) is 4.98 Å². The maximum absolute atomic E-state index is 4.83. The number of hydrogen-bond acceptors (Lipinski definition) is 5. The van der Waals surface area contributed by atoms with Gasteiger partial charge in [-0.1, -0.05) is 11.2 Å². The van der Waals surface area contributed by atoms with Crippen LogP contribution in [-0.4, -0.2) is 42.3 Å². The van der Waals surface area contributed by atoms with Crippen LogP contribution in [0.25, 0.3) is 0 Å². The molecule has 0 radical (unpaired) electrons. The number of aliphatic imine (C=N–C) groups is 1. The molecule has 3 rings (SSSR count). The number of pyridine rings is 1. The third-order valence-electron chi connectivity index (χ3n) is 4.21. The second-order valence-electron chi connectivity index (χ2n) is 6.02. The fraction of sp³-hybridized carbons (Fsp3) is 0.471. The molecule has 128 valence electrons. The number of rotatable bonds is 4. The van der Waals surface area contributed by atoms with Gasteiger partial charge in [0.25, 0.3) is 0 Å². The van der Waals surface area contributed by atoms with Gasteiger partial charge in [0, 0.05) is 38.4 Å². The summed E-state index contributed by atoms with van der Waals surface area (Å²) in [4.78, 5) is 11.1. The first-order valence-electron chi connectivity index (χ1n) is 8.28. The van der Waals surface area contributed by atoms with Crippen LogP contribution in [0.15, 0.2) is 40.2 Å². The number of piperidine rings is 1. The Hall–Kier alpha value is -2.57. The van der Waals surface area contributed by atoms with Gasteiger partial charge < -0.3 is 20.1 Å². The summed E-state index contributed by atoms with van der Waals surface area (Å²) in [7, 11) is 1.78. The van der Waals surface area contributed by atoms with Crippen molar-refractivity contribution in [3.8, 4) is 0 Å². The van der Waals surface area contributed by atoms with Gasteiger partial charge in [-0.3, -0.25) is 4.99 Å². The summed E-state index contributed by atoms with van der Waals surface area (Å²) in [5.41, 5.74) is 2.05. The third-order valence-corrected chi connectivity index (χ3v) is 4.21. The van der Waals surface area contributed by atoms with Crippen molar-refractivity contribution in [2.45, 2.75) is 32.4 Å². The standard InChI is InChI=1S/C17H24N6O/c1-13-3-4-16(19-11-13)23-8-5-14(6-9-23)21-17(18-2)20-12-15-7-10-24-22-15/h3-4,7,10-11,14H,5-6,8-9,12H2,1-2H3,(H2,18,20,21). The van der Waals surface area contributed by atoms with E-state index in [0.29, 0.717) is 12.6 Å². The zero-order valence-electron chi connectivity index (χ0n) is 14.2. The van der Waals surface area contributed by atoms with Crippen LogP contribution >= 0.6 is 0 Å². The zero-order valence-corrected chi connectivity index (χ0v) is 14.2. The summed E-state index contributed by atoms with van der Waals surface area (Å²) in [5, 5.41) is 10.6. The van der Waals surface area contributed by atoms with Crippen LogP contribution in [0, 0.1) is 6.92 Å². The highest BCUT2D eigenvalue weighted by atomic mass is 16.5. The van der Waals surface area contributed by atoms with Crippen LogP contribution in [0.2, 0.25) is 0 Å². The van der Waals surface area contributed by atoms with Crippen LogP contribution in [0.4, 0.5) is 5.82 Å². The zero-order chi connectivity index (χ0) is 16.8. The molecular weight excluding hydrogens is 304 g/mol. The first-order chi connectivity index (χ1) is 11.7. The summed E-state index contributed by atoms with van der Waals surface area (Å²) < 4.78 is 4.83. The summed E-state index contributed by atoms with van der Waals surface area (Å²) >= 11 is 0. The molecule has 0 amide bonds. The van der Waals surface area contributed by atoms with Crippen molar-refractivity contribution < 1.29 is 4.52 Å². The molecule has 0 atom stereocenters. The smallest absolute Gasteiger partial charge is 0.191 e. The Bertz CT molecular complexity index is 644. The Labute approximate surface area is 142 Å².